The largest absolute Gasteiger partial charge is 0.477 e. The van der Waals surface area contributed by atoms with Gasteiger partial charge in [0.15, 0.2) is 0 Å². The fourth-order valence-electron chi connectivity index (χ4n) is 3.99. The Hall–Kier alpha value is -2.61. The summed E-state index contributed by atoms with van der Waals surface area (Å²) in [6, 6.07) is 0.0962. The molecule has 2 aromatic rings. The molecule has 1 saturated carbocycles. The maximum atomic E-state index is 13.2. The van der Waals surface area contributed by atoms with Gasteiger partial charge in [0.25, 0.3) is 5.91 Å². The minimum absolute atomic E-state index is 0.0962. The number of aromatic amines is 1. The molecule has 0 unspecified atom stereocenters. The van der Waals surface area contributed by atoms with E-state index in [1.54, 1.807) is 4.57 Å². The van der Waals surface area contributed by atoms with Crippen molar-refractivity contribution in [1.82, 2.24) is 14.9 Å². The van der Waals surface area contributed by atoms with E-state index in [1.165, 1.54) is 4.52 Å². The number of nitrogens with one attached hydrogen (secondary N) is 2. The fraction of sp³-hybridized carbons (Fsp3) is 0.591. The van der Waals surface area contributed by atoms with E-state index in [0.29, 0.717) is 18.1 Å². The van der Waals surface area contributed by atoms with E-state index in [9.17, 15) is 14.7 Å². The lowest BCUT2D eigenvalue weighted by molar-refractivity contribution is -0.686. The molecular weight excluding hydrogens is 384 g/mol. The van der Waals surface area contributed by atoms with E-state index >= 15 is 0 Å². The number of aryl methyl sites for hydroxylation is 1. The average Bonchev–Trinajstić information content (AvgIpc) is 3.45. The van der Waals surface area contributed by atoms with Gasteiger partial charge in [-0.05, 0) is 50.5 Å². The summed E-state index contributed by atoms with van der Waals surface area (Å²) >= 11 is 0. The van der Waals surface area contributed by atoms with Gasteiger partial charge >= 0.3 is 17.1 Å². The lowest BCUT2D eigenvalue weighted by Gasteiger charge is -2.18. The van der Waals surface area contributed by atoms with E-state index in [2.05, 4.69) is 16.5 Å². The van der Waals surface area contributed by atoms with Crippen LogP contribution in [0.5, 0.6) is 5.88 Å². The SMILES string of the molecule is Cc1[nH]n2c(=O)c(C(=O)NC3CC3)c(O)[n+](CC(C)C)c2c1/C=C/C1CCOCC1. The summed E-state index contributed by atoms with van der Waals surface area (Å²) in [4.78, 5) is 25.9. The summed E-state index contributed by atoms with van der Waals surface area (Å²) in [7, 11) is 0. The Morgan fingerprint density at radius 2 is 2.03 bits per heavy atom. The molecule has 1 aliphatic carbocycles. The number of carbonyl (C=O) groups is 1. The molecule has 1 aliphatic heterocycles. The molecule has 3 N–H and O–H groups in total. The molecule has 2 aliphatic rings. The number of amides is 1. The summed E-state index contributed by atoms with van der Waals surface area (Å²) < 4.78 is 8.51. The van der Waals surface area contributed by atoms with E-state index in [1.807, 2.05) is 26.8 Å². The molecule has 8 heteroatoms. The normalized spacial score (nSPS) is 18.0. The highest BCUT2D eigenvalue weighted by Crippen LogP contribution is 2.23. The van der Waals surface area contributed by atoms with Crippen LogP contribution < -0.4 is 15.4 Å². The number of rotatable bonds is 6. The van der Waals surface area contributed by atoms with Gasteiger partial charge in [-0.25, -0.2) is 9.89 Å². The van der Waals surface area contributed by atoms with Crippen molar-refractivity contribution in [3.63, 3.8) is 0 Å². The Morgan fingerprint density at radius 1 is 1.33 bits per heavy atom. The molecule has 1 saturated heterocycles. The van der Waals surface area contributed by atoms with Crippen molar-refractivity contribution in [3.05, 3.63) is 33.3 Å². The highest BCUT2D eigenvalue weighted by Gasteiger charge is 2.34. The van der Waals surface area contributed by atoms with Gasteiger partial charge in [-0.15, -0.1) is 0 Å². The molecular formula is C22H31N4O4+. The van der Waals surface area contributed by atoms with Crippen molar-refractivity contribution in [1.29, 1.82) is 0 Å². The average molecular weight is 416 g/mol. The number of allylic oxidation sites excluding steroid dienone is 1. The van der Waals surface area contributed by atoms with Gasteiger partial charge in [-0.1, -0.05) is 24.4 Å². The van der Waals surface area contributed by atoms with Crippen LogP contribution in [0.25, 0.3) is 11.7 Å². The summed E-state index contributed by atoms with van der Waals surface area (Å²) in [5.41, 5.74) is 1.50. The van der Waals surface area contributed by atoms with Crippen LogP contribution in [-0.4, -0.2) is 39.9 Å². The van der Waals surface area contributed by atoms with Gasteiger partial charge in [-0.2, -0.15) is 4.57 Å². The maximum absolute atomic E-state index is 13.2. The number of hydrogen-bond donors (Lipinski definition) is 3. The number of H-pyrrole nitrogens is 1. The Kier molecular flexibility index (Phi) is 5.69. The molecule has 0 atom stereocenters. The van der Waals surface area contributed by atoms with Crippen LogP contribution in [0.15, 0.2) is 10.9 Å². The number of hydrogen-bond acceptors (Lipinski definition) is 4. The highest BCUT2D eigenvalue weighted by atomic mass is 16.5. The van der Waals surface area contributed by atoms with Crippen molar-refractivity contribution < 1.29 is 19.2 Å². The second kappa shape index (κ2) is 8.26. The monoisotopic (exact) mass is 415 g/mol. The van der Waals surface area contributed by atoms with Gasteiger partial charge in [0, 0.05) is 19.3 Å². The number of aromatic hydroxyl groups is 1. The lowest BCUT2D eigenvalue weighted by Crippen LogP contribution is -2.46. The zero-order valence-corrected chi connectivity index (χ0v) is 17.9. The second-order valence-corrected chi connectivity index (χ2v) is 8.87. The highest BCUT2D eigenvalue weighted by molar-refractivity contribution is 5.96. The van der Waals surface area contributed by atoms with Crippen LogP contribution in [0.3, 0.4) is 0 Å². The van der Waals surface area contributed by atoms with Crippen LogP contribution in [0.4, 0.5) is 0 Å². The van der Waals surface area contributed by atoms with Gasteiger partial charge in [0.2, 0.25) is 5.56 Å². The molecule has 2 aromatic heterocycles. The zero-order valence-electron chi connectivity index (χ0n) is 17.9. The molecule has 162 valence electrons. The number of aromatic nitrogens is 3. The van der Waals surface area contributed by atoms with E-state index in [-0.39, 0.29) is 23.4 Å². The number of nitrogens with zero attached hydrogens (tertiary/aromatic N) is 2. The molecule has 30 heavy (non-hydrogen) atoms. The van der Waals surface area contributed by atoms with Crippen LogP contribution in [0, 0.1) is 18.8 Å². The summed E-state index contributed by atoms with van der Waals surface area (Å²) in [6.07, 6.45) is 7.95. The smallest absolute Gasteiger partial charge is 0.378 e. The predicted octanol–water partition coefficient (Wildman–Crippen LogP) is 1.92. The van der Waals surface area contributed by atoms with Gasteiger partial charge in [-0.3, -0.25) is 4.79 Å². The first-order chi connectivity index (χ1) is 14.4. The van der Waals surface area contributed by atoms with Crippen LogP contribution in [-0.2, 0) is 11.3 Å². The first kappa shape index (κ1) is 20.7. The van der Waals surface area contributed by atoms with E-state index in [0.717, 1.165) is 50.2 Å². The van der Waals surface area contributed by atoms with Gasteiger partial charge in [0.05, 0.1) is 17.8 Å². The van der Waals surface area contributed by atoms with Crippen molar-refractivity contribution in [2.24, 2.45) is 11.8 Å². The van der Waals surface area contributed by atoms with Crippen molar-refractivity contribution in [2.45, 2.75) is 59.0 Å². The molecule has 0 radical (unpaired) electrons. The predicted molar refractivity (Wildman–Crippen MR) is 113 cm³/mol. The third-order valence-corrected chi connectivity index (χ3v) is 5.78. The van der Waals surface area contributed by atoms with Crippen LogP contribution in [0.1, 0.15) is 61.1 Å². The Balaban J connectivity index is 1.85. The first-order valence-corrected chi connectivity index (χ1v) is 10.8. The summed E-state index contributed by atoms with van der Waals surface area (Å²) in [6.45, 7) is 7.97. The van der Waals surface area contributed by atoms with Crippen molar-refractivity contribution in [3.8, 4) is 5.88 Å². The molecule has 0 spiro atoms. The van der Waals surface area contributed by atoms with Gasteiger partial charge < -0.3 is 15.2 Å². The van der Waals surface area contributed by atoms with E-state index in [4.69, 9.17) is 4.74 Å². The topological polar surface area (TPSA) is 99.7 Å². The number of carbonyl (C=O) groups excluding carboxylic acids is 1. The van der Waals surface area contributed by atoms with Crippen LogP contribution >= 0.6 is 0 Å². The maximum Gasteiger partial charge on any atom is 0.378 e. The van der Waals surface area contributed by atoms with E-state index < -0.39 is 11.5 Å². The molecule has 4 rings (SSSR count). The molecule has 2 fully saturated rings. The quantitative estimate of drug-likeness (QED) is 0.628. The molecule has 0 bridgehead atoms. The van der Waals surface area contributed by atoms with Gasteiger partial charge in [0.1, 0.15) is 0 Å². The molecule has 0 aromatic carbocycles. The van der Waals surface area contributed by atoms with Crippen molar-refractivity contribution in [2.75, 3.05) is 13.2 Å². The Morgan fingerprint density at radius 3 is 2.67 bits per heavy atom. The minimum atomic E-state index is -0.533. The Labute approximate surface area is 175 Å². The molecule has 8 nitrogen and oxygen atoms in total. The van der Waals surface area contributed by atoms with Crippen molar-refractivity contribution >= 4 is 17.6 Å². The second-order valence-electron chi connectivity index (χ2n) is 8.87. The molecule has 3 heterocycles. The molecule has 1 amide bonds. The standard InChI is InChI=1S/C22H30N4O4/c1-13(2)12-25-20-17(7-4-15-8-10-30-11-9-15)14(3)24-26(20)22(29)18(21(25)28)19(27)23-16-5-6-16/h4,7,13,15-16H,5-6,8-12H2,1-3H3,(H2,23,27,28,29)/p+1/b7-4+. The first-order valence-electron chi connectivity index (χ1n) is 10.8. The summed E-state index contributed by atoms with van der Waals surface area (Å²) in [5, 5.41) is 16.9. The zero-order chi connectivity index (χ0) is 21.4. The third kappa shape index (κ3) is 4.01. The Bertz CT molecular complexity index is 1040. The lowest BCUT2D eigenvalue weighted by atomic mass is 9.99. The summed E-state index contributed by atoms with van der Waals surface area (Å²) in [5.74, 6) is -0.148. The van der Waals surface area contributed by atoms with Crippen LogP contribution in [0.2, 0.25) is 0 Å². The minimum Gasteiger partial charge on any atom is -0.477 e. The number of ether oxygens (including phenoxy) is 1. The number of fused-ring (bicyclic) bond motifs is 1. The third-order valence-electron chi connectivity index (χ3n) is 5.78. The fourth-order valence-corrected chi connectivity index (χ4v) is 3.99.